The van der Waals surface area contributed by atoms with E-state index in [9.17, 15) is 8.76 Å². The number of ether oxygens (including phenoxy) is 1. The number of hydrogen-bond donors (Lipinski definition) is 2. The predicted octanol–water partition coefficient (Wildman–Crippen LogP) is 2.86. The van der Waals surface area contributed by atoms with Crippen molar-refractivity contribution in [1.82, 2.24) is 19.3 Å². The number of morpholine rings is 1. The monoisotopic (exact) mass is 463 g/mol. The fraction of sp³-hybridized carbons (Fsp3) is 0.217. The Balaban J connectivity index is 1.44. The number of anilines is 3. The number of rotatable bonds is 7. The Hall–Kier alpha value is -3.31. The van der Waals surface area contributed by atoms with Crippen LogP contribution in [0.5, 0.6) is 0 Å². The first-order chi connectivity index (χ1) is 16.2. The Kier molecular flexibility index (Phi) is 6.31. The maximum Gasteiger partial charge on any atom is 0.245 e. The minimum Gasteiger partial charge on any atom is -0.760 e. The van der Waals surface area contributed by atoms with Crippen LogP contribution in [0.15, 0.2) is 66.9 Å². The van der Waals surface area contributed by atoms with Gasteiger partial charge in [0.15, 0.2) is 0 Å². The summed E-state index contributed by atoms with van der Waals surface area (Å²) in [7, 11) is 0. The first kappa shape index (κ1) is 21.5. The van der Waals surface area contributed by atoms with E-state index in [-0.39, 0.29) is 6.54 Å². The summed E-state index contributed by atoms with van der Waals surface area (Å²) in [4.78, 5) is 6.76. The first-order valence-electron chi connectivity index (χ1n) is 10.6. The Morgan fingerprint density at radius 3 is 2.76 bits per heavy atom. The van der Waals surface area contributed by atoms with E-state index in [1.807, 2.05) is 53.0 Å². The molecule has 0 spiro atoms. The summed E-state index contributed by atoms with van der Waals surface area (Å²) in [5, 5.41) is 8.01. The molecule has 10 heteroatoms. The summed E-state index contributed by atoms with van der Waals surface area (Å²) in [6.45, 7) is 3.40. The normalized spacial score (nSPS) is 15.0. The smallest absolute Gasteiger partial charge is 0.245 e. The topological polar surface area (TPSA) is 107 Å². The highest BCUT2D eigenvalue weighted by Gasteiger charge is 2.13. The van der Waals surface area contributed by atoms with Gasteiger partial charge in [-0.25, -0.2) is 14.2 Å². The molecule has 0 amide bonds. The molecule has 2 aromatic carbocycles. The van der Waals surface area contributed by atoms with Crippen molar-refractivity contribution in [3.63, 3.8) is 0 Å². The minimum absolute atomic E-state index is 0.198. The van der Waals surface area contributed by atoms with Gasteiger partial charge in [0.25, 0.3) is 0 Å². The zero-order chi connectivity index (χ0) is 22.6. The van der Waals surface area contributed by atoms with Gasteiger partial charge in [0.2, 0.25) is 5.95 Å². The van der Waals surface area contributed by atoms with Crippen LogP contribution in [-0.2, 0) is 22.5 Å². The van der Waals surface area contributed by atoms with Crippen LogP contribution in [0, 0.1) is 0 Å². The molecule has 1 aliphatic heterocycles. The van der Waals surface area contributed by atoms with E-state index in [0.29, 0.717) is 5.95 Å². The molecule has 0 radical (unpaired) electrons. The van der Waals surface area contributed by atoms with Gasteiger partial charge in [0.05, 0.1) is 30.6 Å². The van der Waals surface area contributed by atoms with Crippen LogP contribution < -0.4 is 14.9 Å². The lowest BCUT2D eigenvalue weighted by molar-refractivity contribution is 0.122. The first-order valence-corrected chi connectivity index (χ1v) is 11.7. The Labute approximate surface area is 193 Å². The number of benzene rings is 2. The molecular weight excluding hydrogens is 440 g/mol. The molecule has 1 unspecified atom stereocenters. The van der Waals surface area contributed by atoms with Gasteiger partial charge < -0.3 is 19.5 Å². The quantitative estimate of drug-likeness (QED) is 0.406. The fourth-order valence-electron chi connectivity index (χ4n) is 3.95. The molecule has 0 bridgehead atoms. The molecule has 2 aromatic heterocycles. The molecule has 1 atom stereocenters. The van der Waals surface area contributed by atoms with E-state index < -0.39 is 11.3 Å². The third kappa shape index (κ3) is 4.88. The number of hydrogen-bond acceptors (Lipinski definition) is 7. The number of nitrogens with one attached hydrogen (secondary N) is 2. The molecule has 4 aromatic rings. The molecule has 1 fully saturated rings. The lowest BCUT2D eigenvalue weighted by Crippen LogP contribution is -2.36. The van der Waals surface area contributed by atoms with Gasteiger partial charge in [0, 0.05) is 47.8 Å². The maximum atomic E-state index is 11.0. The van der Waals surface area contributed by atoms with Crippen molar-refractivity contribution < 1.29 is 13.5 Å². The molecule has 3 heterocycles. The summed E-state index contributed by atoms with van der Waals surface area (Å²) in [6, 6.07) is 19.7. The maximum absolute atomic E-state index is 11.0. The van der Waals surface area contributed by atoms with Crippen LogP contribution in [0.2, 0.25) is 0 Å². The van der Waals surface area contributed by atoms with E-state index in [0.717, 1.165) is 60.0 Å². The van der Waals surface area contributed by atoms with Crippen molar-refractivity contribution in [3.05, 3.63) is 72.4 Å². The SMILES string of the molecule is O=S([O-])NCc1ccccc1-c1ccc2cnc(Nc3cccc(N4CCOCC4)c3)nn12. The highest BCUT2D eigenvalue weighted by atomic mass is 32.2. The molecule has 1 aliphatic rings. The van der Waals surface area contributed by atoms with Gasteiger partial charge in [0.1, 0.15) is 0 Å². The highest BCUT2D eigenvalue weighted by Crippen LogP contribution is 2.27. The van der Waals surface area contributed by atoms with E-state index in [4.69, 9.17) is 9.84 Å². The Bertz CT molecular complexity index is 1290. The van der Waals surface area contributed by atoms with Crippen molar-refractivity contribution in [3.8, 4) is 11.3 Å². The number of nitrogens with zero attached hydrogens (tertiary/aromatic N) is 4. The van der Waals surface area contributed by atoms with E-state index in [1.54, 1.807) is 6.20 Å². The lowest BCUT2D eigenvalue weighted by Gasteiger charge is -2.29. The molecule has 33 heavy (non-hydrogen) atoms. The average molecular weight is 464 g/mol. The minimum atomic E-state index is -2.33. The summed E-state index contributed by atoms with van der Waals surface area (Å²) in [5.74, 6) is 0.468. The van der Waals surface area contributed by atoms with Gasteiger partial charge in [-0.2, -0.15) is 0 Å². The van der Waals surface area contributed by atoms with Crippen molar-refractivity contribution in [2.24, 2.45) is 0 Å². The Morgan fingerprint density at radius 1 is 1.06 bits per heavy atom. The van der Waals surface area contributed by atoms with E-state index in [2.05, 4.69) is 32.1 Å². The average Bonchev–Trinajstić information content (AvgIpc) is 3.27. The highest BCUT2D eigenvalue weighted by molar-refractivity contribution is 7.77. The van der Waals surface area contributed by atoms with Crippen LogP contribution in [0.3, 0.4) is 0 Å². The van der Waals surface area contributed by atoms with Gasteiger partial charge >= 0.3 is 0 Å². The second kappa shape index (κ2) is 9.67. The van der Waals surface area contributed by atoms with Gasteiger partial charge in [-0.15, -0.1) is 5.10 Å². The van der Waals surface area contributed by atoms with E-state index in [1.165, 1.54) is 0 Å². The molecule has 5 rings (SSSR count). The second-order valence-electron chi connectivity index (χ2n) is 7.62. The van der Waals surface area contributed by atoms with Crippen LogP contribution in [0.4, 0.5) is 17.3 Å². The van der Waals surface area contributed by atoms with Gasteiger partial charge in [-0.1, -0.05) is 30.3 Å². The molecule has 170 valence electrons. The third-order valence-electron chi connectivity index (χ3n) is 5.55. The van der Waals surface area contributed by atoms with Crippen LogP contribution >= 0.6 is 0 Å². The van der Waals surface area contributed by atoms with Crippen molar-refractivity contribution in [2.75, 3.05) is 36.5 Å². The van der Waals surface area contributed by atoms with E-state index >= 15 is 0 Å². The summed E-state index contributed by atoms with van der Waals surface area (Å²) < 4.78 is 31.6. The zero-order valence-electron chi connectivity index (χ0n) is 17.8. The zero-order valence-corrected chi connectivity index (χ0v) is 18.6. The molecule has 0 saturated carbocycles. The van der Waals surface area contributed by atoms with Crippen LogP contribution in [-0.4, -0.2) is 49.7 Å². The summed E-state index contributed by atoms with van der Waals surface area (Å²) in [5.41, 5.74) is 5.47. The Morgan fingerprint density at radius 2 is 1.91 bits per heavy atom. The summed E-state index contributed by atoms with van der Waals surface area (Å²) in [6.07, 6.45) is 1.76. The van der Waals surface area contributed by atoms with Crippen molar-refractivity contribution in [2.45, 2.75) is 6.54 Å². The lowest BCUT2D eigenvalue weighted by atomic mass is 10.1. The molecular formula is C23H23N6O3S-. The number of aromatic nitrogens is 3. The molecule has 2 N–H and O–H groups in total. The molecule has 9 nitrogen and oxygen atoms in total. The summed E-state index contributed by atoms with van der Waals surface area (Å²) >= 11 is -2.33. The standard InChI is InChI=1S/C23H24N6O3S/c30-33(31)25-15-17-4-1-2-7-21(17)22-9-8-20-16-24-23(27-29(20)22)26-18-5-3-6-19(14-18)28-10-12-32-13-11-28/h1-9,14,16,25H,10-13,15H2,(H,26,27)(H,30,31)/p-1. The second-order valence-corrected chi connectivity index (χ2v) is 8.38. The largest absolute Gasteiger partial charge is 0.760 e. The predicted molar refractivity (Wildman–Crippen MR) is 127 cm³/mol. The van der Waals surface area contributed by atoms with Crippen molar-refractivity contribution >= 4 is 34.1 Å². The number of fused-ring (bicyclic) bond motifs is 1. The van der Waals surface area contributed by atoms with Gasteiger partial charge in [-0.05, 0) is 35.9 Å². The van der Waals surface area contributed by atoms with Crippen molar-refractivity contribution in [1.29, 1.82) is 0 Å². The van der Waals surface area contributed by atoms with Crippen LogP contribution in [0.1, 0.15) is 5.56 Å². The van der Waals surface area contributed by atoms with Gasteiger partial charge in [-0.3, -0.25) is 4.21 Å². The van der Waals surface area contributed by atoms with Crippen LogP contribution in [0.25, 0.3) is 16.8 Å². The molecule has 1 saturated heterocycles. The fourth-order valence-corrected chi connectivity index (χ4v) is 4.23. The third-order valence-corrected chi connectivity index (χ3v) is 5.93. The molecule has 0 aliphatic carbocycles.